The van der Waals surface area contributed by atoms with Crippen molar-refractivity contribution in [2.24, 2.45) is 0 Å². The van der Waals surface area contributed by atoms with Gasteiger partial charge < -0.3 is 14.2 Å². The van der Waals surface area contributed by atoms with E-state index in [4.69, 9.17) is 20.6 Å². The van der Waals surface area contributed by atoms with Gasteiger partial charge in [-0.05, 0) is 59.7 Å². The molecule has 0 radical (unpaired) electrons. The summed E-state index contributed by atoms with van der Waals surface area (Å²) in [5.74, 6) is 5.11. The molecule has 0 atom stereocenters. The van der Waals surface area contributed by atoms with E-state index in [1.54, 1.807) is 7.11 Å². The zero-order valence-corrected chi connectivity index (χ0v) is 15.4. The number of hydrogen-bond acceptors (Lipinski definition) is 3. The molecule has 27 heavy (non-hydrogen) atoms. The first-order chi connectivity index (χ1) is 13.3. The molecule has 0 bridgehead atoms. The molecule has 0 amide bonds. The molecule has 0 aromatic heterocycles. The van der Waals surface area contributed by atoms with Gasteiger partial charge in [0.1, 0.15) is 17.2 Å². The minimum absolute atomic E-state index is 0.597. The van der Waals surface area contributed by atoms with Crippen molar-refractivity contribution in [3.05, 3.63) is 78.4 Å². The Labute approximate surface area is 160 Å². The zero-order valence-electron chi connectivity index (χ0n) is 15.4. The van der Waals surface area contributed by atoms with E-state index in [1.807, 2.05) is 60.7 Å². The molecule has 3 rings (SSSR count). The Kier molecular flexibility index (Phi) is 6.38. The van der Waals surface area contributed by atoms with Crippen LogP contribution in [0, 0.1) is 12.3 Å². The summed E-state index contributed by atoms with van der Waals surface area (Å²) in [4.78, 5) is 0. The predicted molar refractivity (Wildman–Crippen MR) is 108 cm³/mol. The maximum atomic E-state index is 5.78. The summed E-state index contributed by atoms with van der Waals surface area (Å²) in [5, 5.41) is 0. The highest BCUT2D eigenvalue weighted by atomic mass is 16.5. The Morgan fingerprint density at radius 2 is 1.11 bits per heavy atom. The molecule has 0 saturated carbocycles. The Bertz CT molecular complexity index is 873. The van der Waals surface area contributed by atoms with Crippen LogP contribution in [-0.2, 0) is 0 Å². The van der Waals surface area contributed by atoms with Gasteiger partial charge in [-0.1, -0.05) is 30.2 Å². The van der Waals surface area contributed by atoms with Crippen molar-refractivity contribution >= 4 is 0 Å². The maximum absolute atomic E-state index is 5.78. The van der Waals surface area contributed by atoms with Crippen LogP contribution in [0.3, 0.4) is 0 Å². The number of terminal acetylenes is 1. The van der Waals surface area contributed by atoms with Crippen molar-refractivity contribution in [1.29, 1.82) is 0 Å². The van der Waals surface area contributed by atoms with Gasteiger partial charge in [-0.3, -0.25) is 0 Å². The first-order valence-electron chi connectivity index (χ1n) is 8.85. The Balaban J connectivity index is 1.42. The van der Waals surface area contributed by atoms with Crippen LogP contribution in [0.25, 0.3) is 11.1 Å². The molecule has 3 aromatic rings. The molecular formula is C24H22O3. The van der Waals surface area contributed by atoms with Crippen LogP contribution in [0.4, 0.5) is 0 Å². The van der Waals surface area contributed by atoms with E-state index in [9.17, 15) is 0 Å². The van der Waals surface area contributed by atoms with Crippen molar-refractivity contribution in [3.8, 4) is 40.7 Å². The first-order valence-corrected chi connectivity index (χ1v) is 8.85. The summed E-state index contributed by atoms with van der Waals surface area (Å²) in [7, 11) is 1.67. The van der Waals surface area contributed by atoms with Gasteiger partial charge in [-0.15, -0.1) is 6.42 Å². The highest BCUT2D eigenvalue weighted by Gasteiger charge is 2.00. The van der Waals surface area contributed by atoms with E-state index in [0.29, 0.717) is 13.2 Å². The molecule has 136 valence electrons. The fourth-order valence-corrected chi connectivity index (χ4v) is 2.61. The largest absolute Gasteiger partial charge is 0.497 e. The van der Waals surface area contributed by atoms with Crippen LogP contribution in [0.15, 0.2) is 72.8 Å². The molecule has 0 unspecified atom stereocenters. The van der Waals surface area contributed by atoms with Crippen molar-refractivity contribution in [1.82, 2.24) is 0 Å². The summed E-state index contributed by atoms with van der Waals surface area (Å²) in [6, 6.07) is 23.6. The number of benzene rings is 3. The number of rotatable bonds is 8. The summed E-state index contributed by atoms with van der Waals surface area (Å²) in [5.41, 5.74) is 3.14. The second-order valence-corrected chi connectivity index (χ2v) is 5.97. The van der Waals surface area contributed by atoms with Crippen molar-refractivity contribution in [3.63, 3.8) is 0 Å². The molecule has 3 nitrogen and oxygen atoms in total. The van der Waals surface area contributed by atoms with Crippen LogP contribution >= 0.6 is 0 Å². The highest BCUT2D eigenvalue weighted by Crippen LogP contribution is 2.24. The SMILES string of the molecule is C#Cc1ccc(OCCCOc2ccc(-c3ccc(OC)cc3)cc2)cc1. The van der Waals surface area contributed by atoms with E-state index in [0.717, 1.165) is 40.4 Å². The summed E-state index contributed by atoms with van der Waals surface area (Å²) < 4.78 is 16.7. The lowest BCUT2D eigenvalue weighted by Gasteiger charge is -2.09. The number of ether oxygens (including phenoxy) is 3. The van der Waals surface area contributed by atoms with Gasteiger partial charge in [0, 0.05) is 12.0 Å². The molecule has 3 aromatic carbocycles. The van der Waals surface area contributed by atoms with Crippen molar-refractivity contribution in [2.45, 2.75) is 6.42 Å². The Morgan fingerprint density at radius 1 is 0.667 bits per heavy atom. The highest BCUT2D eigenvalue weighted by molar-refractivity contribution is 5.64. The second-order valence-electron chi connectivity index (χ2n) is 5.97. The number of hydrogen-bond donors (Lipinski definition) is 0. The first kappa shape index (κ1) is 18.4. The third kappa shape index (κ3) is 5.29. The molecular weight excluding hydrogens is 336 g/mol. The average Bonchev–Trinajstić information content (AvgIpc) is 2.74. The van der Waals surface area contributed by atoms with Gasteiger partial charge >= 0.3 is 0 Å². The topological polar surface area (TPSA) is 27.7 Å². The normalized spacial score (nSPS) is 10.1. The molecule has 0 aliphatic rings. The maximum Gasteiger partial charge on any atom is 0.119 e. The predicted octanol–water partition coefficient (Wildman–Crippen LogP) is 5.19. The minimum Gasteiger partial charge on any atom is -0.497 e. The van der Waals surface area contributed by atoms with Crippen molar-refractivity contribution in [2.75, 3.05) is 20.3 Å². The fourth-order valence-electron chi connectivity index (χ4n) is 2.61. The van der Waals surface area contributed by atoms with Crippen LogP contribution < -0.4 is 14.2 Å². The van der Waals surface area contributed by atoms with Crippen LogP contribution in [-0.4, -0.2) is 20.3 Å². The minimum atomic E-state index is 0.597. The van der Waals surface area contributed by atoms with Crippen molar-refractivity contribution < 1.29 is 14.2 Å². The molecule has 0 heterocycles. The van der Waals surface area contributed by atoms with E-state index in [1.165, 1.54) is 0 Å². The molecule has 0 aliphatic carbocycles. The fraction of sp³-hybridized carbons (Fsp3) is 0.167. The molecule has 0 N–H and O–H groups in total. The van der Waals surface area contributed by atoms with E-state index in [-0.39, 0.29) is 0 Å². The van der Waals surface area contributed by atoms with E-state index < -0.39 is 0 Å². The third-order valence-corrected chi connectivity index (χ3v) is 4.12. The monoisotopic (exact) mass is 358 g/mol. The lowest BCUT2D eigenvalue weighted by molar-refractivity contribution is 0.247. The van der Waals surface area contributed by atoms with Gasteiger partial charge in [-0.2, -0.15) is 0 Å². The van der Waals surface area contributed by atoms with Gasteiger partial charge in [0.2, 0.25) is 0 Å². The molecule has 0 saturated heterocycles. The Morgan fingerprint density at radius 3 is 1.56 bits per heavy atom. The molecule has 0 aliphatic heterocycles. The Hall–Kier alpha value is -3.38. The van der Waals surface area contributed by atoms with E-state index in [2.05, 4.69) is 18.1 Å². The molecule has 0 fully saturated rings. The van der Waals surface area contributed by atoms with Crippen LogP contribution in [0.2, 0.25) is 0 Å². The lowest BCUT2D eigenvalue weighted by Crippen LogP contribution is -2.04. The standard InChI is InChI=1S/C24H22O3/c1-3-19-5-11-23(12-6-19)26-17-4-18-27-24-15-9-21(10-16-24)20-7-13-22(25-2)14-8-20/h1,5-16H,4,17-18H2,2H3. The molecule has 0 spiro atoms. The zero-order chi connectivity index (χ0) is 18.9. The average molecular weight is 358 g/mol. The van der Waals surface area contributed by atoms with Gasteiger partial charge in [0.15, 0.2) is 0 Å². The second kappa shape index (κ2) is 9.35. The summed E-state index contributed by atoms with van der Waals surface area (Å²) >= 11 is 0. The summed E-state index contributed by atoms with van der Waals surface area (Å²) in [6.07, 6.45) is 6.14. The lowest BCUT2D eigenvalue weighted by atomic mass is 10.1. The van der Waals surface area contributed by atoms with Crippen LogP contribution in [0.1, 0.15) is 12.0 Å². The van der Waals surface area contributed by atoms with E-state index >= 15 is 0 Å². The third-order valence-electron chi connectivity index (χ3n) is 4.12. The van der Waals surface area contributed by atoms with Gasteiger partial charge in [-0.25, -0.2) is 0 Å². The van der Waals surface area contributed by atoms with Crippen LogP contribution in [0.5, 0.6) is 17.2 Å². The quantitative estimate of drug-likeness (QED) is 0.410. The van der Waals surface area contributed by atoms with Gasteiger partial charge in [0.05, 0.1) is 20.3 Å². The molecule has 3 heteroatoms. The summed E-state index contributed by atoms with van der Waals surface area (Å²) in [6.45, 7) is 1.20. The van der Waals surface area contributed by atoms with Gasteiger partial charge in [0.25, 0.3) is 0 Å². The smallest absolute Gasteiger partial charge is 0.119 e. The number of methoxy groups -OCH3 is 1.